The first kappa shape index (κ1) is 30.7. The van der Waals surface area contributed by atoms with Gasteiger partial charge in [-0.2, -0.15) is 4.31 Å². The number of imidazole rings is 1. The molecule has 6 N–H and O–H groups in total. The molecule has 0 amide bonds. The molecule has 5 atom stereocenters. The number of non-ortho nitro benzene ring substituents is 1. The number of aromatic nitrogens is 4. The lowest BCUT2D eigenvalue weighted by atomic mass is 10.1. The number of hydrogen-bond acceptors (Lipinski definition) is 17. The molecule has 24 nitrogen and oxygen atoms in total. The third-order valence-electron chi connectivity index (χ3n) is 5.47. The molecule has 1 aliphatic rings. The van der Waals surface area contributed by atoms with E-state index in [9.17, 15) is 49.5 Å². The van der Waals surface area contributed by atoms with Gasteiger partial charge in [0.2, 0.25) is 0 Å². The van der Waals surface area contributed by atoms with Crippen LogP contribution in [0.4, 0.5) is 22.9 Å². The van der Waals surface area contributed by atoms with Crippen LogP contribution in [0, 0.1) is 30.3 Å². The van der Waals surface area contributed by atoms with Gasteiger partial charge in [-0.3, -0.25) is 39.4 Å². The van der Waals surface area contributed by atoms with E-state index >= 15 is 0 Å². The molecule has 1 saturated heterocycles. The second-order valence-electron chi connectivity index (χ2n) is 8.14. The maximum absolute atomic E-state index is 12.0. The van der Waals surface area contributed by atoms with Crippen LogP contribution in [0.2, 0.25) is 0 Å². The molecule has 0 bridgehead atoms. The highest BCUT2D eigenvalue weighted by atomic mass is 31.3. The van der Waals surface area contributed by atoms with Gasteiger partial charge in [0.15, 0.2) is 23.8 Å². The Labute approximate surface area is 229 Å². The van der Waals surface area contributed by atoms with Gasteiger partial charge in [-0.15, -0.1) is 0 Å². The number of rotatable bonds is 11. The second kappa shape index (κ2) is 11.2. The molecular formula is C16H16N8O16P2. The van der Waals surface area contributed by atoms with Gasteiger partial charge >= 0.3 is 27.0 Å². The van der Waals surface area contributed by atoms with Crippen molar-refractivity contribution < 1.29 is 62.0 Å². The molecule has 0 radical (unpaired) electrons. The van der Waals surface area contributed by atoms with E-state index in [0.29, 0.717) is 12.1 Å². The van der Waals surface area contributed by atoms with E-state index in [1.54, 1.807) is 0 Å². The summed E-state index contributed by atoms with van der Waals surface area (Å²) in [6.45, 7) is -1.18. The SMILES string of the molecule is Nc1ncnc2c1ncn2[C@@H]1O[C@H](COP(=O)(O)OP(=O)(O)O)[C@@H](Oc2c([N+](=O)[O-])cc([N+](=O)[O-])cc2[N+](=O)[O-])C1O. The largest absolute Gasteiger partial charge is 0.481 e. The number of fused-ring (bicyclic) bond motifs is 1. The number of nitrogens with zero attached hydrogens (tertiary/aromatic N) is 7. The van der Waals surface area contributed by atoms with E-state index in [-0.39, 0.29) is 17.0 Å². The zero-order valence-electron chi connectivity index (χ0n) is 20.1. The van der Waals surface area contributed by atoms with Gasteiger partial charge in [0.25, 0.3) is 11.4 Å². The lowest BCUT2D eigenvalue weighted by Gasteiger charge is -2.22. The molecule has 2 unspecified atom stereocenters. The monoisotopic (exact) mass is 638 g/mol. The van der Waals surface area contributed by atoms with E-state index in [2.05, 4.69) is 23.8 Å². The van der Waals surface area contributed by atoms with Gasteiger partial charge in [0, 0.05) is 0 Å². The highest BCUT2D eigenvalue weighted by Gasteiger charge is 2.50. The van der Waals surface area contributed by atoms with Crippen molar-refractivity contribution in [3.05, 3.63) is 55.1 Å². The third kappa shape index (κ3) is 6.30. The number of phosphoric acid groups is 2. The Morgan fingerprint density at radius 3 is 2.19 bits per heavy atom. The van der Waals surface area contributed by atoms with Gasteiger partial charge < -0.3 is 35.0 Å². The van der Waals surface area contributed by atoms with E-state index in [0.717, 1.165) is 17.2 Å². The molecule has 226 valence electrons. The quantitative estimate of drug-likeness (QED) is 0.105. The predicted octanol–water partition coefficient (Wildman–Crippen LogP) is 0.0653. The molecule has 1 aliphatic heterocycles. The number of phosphoric ester groups is 1. The molecule has 1 aromatic carbocycles. The van der Waals surface area contributed by atoms with Crippen LogP contribution in [0.15, 0.2) is 24.8 Å². The van der Waals surface area contributed by atoms with Crippen LogP contribution >= 0.6 is 15.6 Å². The fourth-order valence-electron chi connectivity index (χ4n) is 3.83. The van der Waals surface area contributed by atoms with Crippen LogP contribution in [0.3, 0.4) is 0 Å². The van der Waals surface area contributed by atoms with Gasteiger partial charge in [-0.1, -0.05) is 0 Å². The van der Waals surface area contributed by atoms with Gasteiger partial charge in [0.05, 0.1) is 39.8 Å². The smallest absolute Gasteiger partial charge is 0.473 e. The van der Waals surface area contributed by atoms with Crippen LogP contribution in [0.5, 0.6) is 5.75 Å². The maximum atomic E-state index is 12.0. The van der Waals surface area contributed by atoms with Crippen molar-refractivity contribution in [2.24, 2.45) is 0 Å². The average Bonchev–Trinajstić information content (AvgIpc) is 3.43. The Hall–Kier alpha value is -4.25. The van der Waals surface area contributed by atoms with Crippen molar-refractivity contribution in [3.63, 3.8) is 0 Å². The first-order chi connectivity index (χ1) is 19.5. The highest BCUT2D eigenvalue weighted by molar-refractivity contribution is 7.60. The van der Waals surface area contributed by atoms with Crippen molar-refractivity contribution >= 4 is 49.7 Å². The normalized spacial score (nSPS) is 22.1. The van der Waals surface area contributed by atoms with Gasteiger partial charge in [-0.05, 0) is 0 Å². The minimum absolute atomic E-state index is 0.0296. The Bertz CT molecular complexity index is 1640. The zero-order chi connectivity index (χ0) is 31.1. The van der Waals surface area contributed by atoms with Crippen LogP contribution in [0.1, 0.15) is 6.23 Å². The maximum Gasteiger partial charge on any atom is 0.481 e. The summed E-state index contributed by atoms with van der Waals surface area (Å²) in [7, 11) is -11.1. The van der Waals surface area contributed by atoms with Crippen molar-refractivity contribution in [2.75, 3.05) is 12.3 Å². The van der Waals surface area contributed by atoms with E-state index in [4.69, 9.17) is 25.0 Å². The van der Waals surface area contributed by atoms with Crippen molar-refractivity contribution in [2.45, 2.75) is 24.5 Å². The first-order valence-electron chi connectivity index (χ1n) is 10.8. The van der Waals surface area contributed by atoms with E-state index < -0.39 is 84.4 Å². The average molecular weight is 638 g/mol. The summed E-state index contributed by atoms with van der Waals surface area (Å²) in [5.74, 6) is -1.26. The Morgan fingerprint density at radius 1 is 1.02 bits per heavy atom. The minimum atomic E-state index is -5.57. The molecule has 2 aromatic heterocycles. The zero-order valence-corrected chi connectivity index (χ0v) is 21.9. The number of ether oxygens (including phenoxy) is 2. The lowest BCUT2D eigenvalue weighted by Crippen LogP contribution is -2.39. The number of nitro groups is 3. The van der Waals surface area contributed by atoms with E-state index in [1.165, 1.54) is 0 Å². The molecule has 1 fully saturated rings. The summed E-state index contributed by atoms with van der Waals surface area (Å²) in [4.78, 5) is 69.9. The van der Waals surface area contributed by atoms with Crippen molar-refractivity contribution in [1.29, 1.82) is 0 Å². The lowest BCUT2D eigenvalue weighted by molar-refractivity contribution is -0.404. The molecule has 26 heteroatoms. The molecular weight excluding hydrogens is 622 g/mol. The van der Waals surface area contributed by atoms with Crippen LogP contribution in [-0.2, 0) is 22.7 Å². The number of nitrogens with two attached hydrogens (primary N) is 1. The van der Waals surface area contributed by atoms with Crippen LogP contribution in [-0.4, -0.2) is 79.0 Å². The predicted molar refractivity (Wildman–Crippen MR) is 129 cm³/mol. The van der Waals surface area contributed by atoms with Crippen LogP contribution < -0.4 is 10.5 Å². The molecule has 0 saturated carbocycles. The van der Waals surface area contributed by atoms with Gasteiger partial charge in [-0.25, -0.2) is 24.1 Å². The van der Waals surface area contributed by atoms with Gasteiger partial charge in [0.1, 0.15) is 24.1 Å². The number of nitro benzene ring substituents is 3. The number of aliphatic hydroxyl groups is 1. The first-order valence-corrected chi connectivity index (χ1v) is 13.8. The Morgan fingerprint density at radius 2 is 1.64 bits per heavy atom. The molecule has 42 heavy (non-hydrogen) atoms. The topological polar surface area (TPSA) is 351 Å². The minimum Gasteiger partial charge on any atom is -0.473 e. The summed E-state index contributed by atoms with van der Waals surface area (Å²) in [5, 5.41) is 45.7. The third-order valence-corrected chi connectivity index (χ3v) is 7.63. The van der Waals surface area contributed by atoms with Crippen molar-refractivity contribution in [3.8, 4) is 5.75 Å². The molecule has 0 spiro atoms. The number of nitrogen functional groups attached to an aromatic ring is 1. The Kier molecular flexibility index (Phi) is 8.19. The number of aliphatic hydroxyl groups excluding tert-OH is 1. The van der Waals surface area contributed by atoms with E-state index in [1.807, 2.05) is 0 Å². The summed E-state index contributed by atoms with van der Waals surface area (Å²) in [6, 6.07) is 0.707. The molecule has 3 heterocycles. The number of hydrogen-bond donors (Lipinski definition) is 5. The fraction of sp³-hybridized carbons (Fsp3) is 0.312. The highest BCUT2D eigenvalue weighted by Crippen LogP contribution is 2.58. The second-order valence-corrected chi connectivity index (χ2v) is 11.0. The molecule has 3 aromatic rings. The standard InChI is InChI=1S/C16H16N8O16P2/c17-14-10-15(19-4-18-14)21(5-20-10)16-11(25)13(9(38-16)3-37-42(35,36)40-41(32,33)34)39-12-7(23(28)29)1-6(22(26)27)2-8(12)24(30)31/h1-2,4-5,9,11,13,16,25H,3H2,(H,35,36)(H2,17,18,19)(H2,32,33,34)/t9-,11?,13-,16-/m1/s1. The summed E-state index contributed by atoms with van der Waals surface area (Å²) < 4.78 is 43.4. The molecule has 0 aliphatic carbocycles. The molecule has 4 rings (SSSR count). The summed E-state index contributed by atoms with van der Waals surface area (Å²) >= 11 is 0. The Balaban J connectivity index is 1.78. The van der Waals surface area contributed by atoms with Crippen molar-refractivity contribution in [1.82, 2.24) is 19.5 Å². The summed E-state index contributed by atoms with van der Waals surface area (Å²) in [6.07, 6.45) is -5.25. The number of benzene rings is 1. The fourth-order valence-corrected chi connectivity index (χ4v) is 5.43. The van der Waals surface area contributed by atoms with Crippen LogP contribution in [0.25, 0.3) is 11.2 Å². The number of anilines is 1. The summed E-state index contributed by atoms with van der Waals surface area (Å²) in [5.41, 5.74) is 2.17.